The molecule has 1 aromatic carbocycles. The van der Waals surface area contributed by atoms with Gasteiger partial charge in [-0.25, -0.2) is 0 Å². The Bertz CT molecular complexity index is 806. The third kappa shape index (κ3) is 4.73. The lowest BCUT2D eigenvalue weighted by Gasteiger charge is -2.35. The lowest BCUT2D eigenvalue weighted by molar-refractivity contribution is -0.182. The standard InChI is InChI=1S/C20H28F3N5O2/c1-25-16-10-17(28-8-7-27(2)18(29)11-28)14(9-15(16)24)19(30)26-13-5-3-12(4-6-13)20(21,22)23/h9-10,12-13,25H,3-8,11,24H2,1-2H3,(H,26,30)/t12-,13-. The lowest BCUT2D eigenvalue weighted by atomic mass is 9.85. The van der Waals surface area contributed by atoms with Crippen LogP contribution in [0.1, 0.15) is 36.0 Å². The number of nitrogens with two attached hydrogens (primary N) is 1. The highest BCUT2D eigenvalue weighted by Gasteiger charge is 2.41. The molecule has 4 N–H and O–H groups in total. The molecule has 2 fully saturated rings. The van der Waals surface area contributed by atoms with Crippen LogP contribution in [-0.4, -0.2) is 62.7 Å². The average molecular weight is 427 g/mol. The van der Waals surface area contributed by atoms with Crippen LogP contribution >= 0.6 is 0 Å². The third-order valence-corrected chi connectivity index (χ3v) is 6.01. The van der Waals surface area contributed by atoms with Crippen molar-refractivity contribution in [3.8, 4) is 0 Å². The van der Waals surface area contributed by atoms with Crippen molar-refractivity contribution < 1.29 is 22.8 Å². The molecule has 0 bridgehead atoms. The molecule has 2 aliphatic rings. The molecule has 1 saturated carbocycles. The largest absolute Gasteiger partial charge is 0.397 e. The Morgan fingerprint density at radius 1 is 1.17 bits per heavy atom. The summed E-state index contributed by atoms with van der Waals surface area (Å²) in [6.07, 6.45) is -3.61. The number of nitrogen functional groups attached to an aromatic ring is 1. The number of carbonyl (C=O) groups excluding carboxylic acids is 2. The second-order valence-electron chi connectivity index (χ2n) is 8.01. The van der Waals surface area contributed by atoms with Crippen molar-refractivity contribution in [1.82, 2.24) is 10.2 Å². The molecule has 3 rings (SSSR count). The summed E-state index contributed by atoms with van der Waals surface area (Å²) in [5.74, 6) is -1.75. The number of amides is 2. The van der Waals surface area contributed by atoms with Gasteiger partial charge in [0.1, 0.15) is 0 Å². The summed E-state index contributed by atoms with van der Waals surface area (Å²) >= 11 is 0. The van der Waals surface area contributed by atoms with E-state index >= 15 is 0 Å². The molecule has 0 unspecified atom stereocenters. The predicted molar refractivity (Wildman–Crippen MR) is 110 cm³/mol. The van der Waals surface area contributed by atoms with Gasteiger partial charge in [0.2, 0.25) is 5.91 Å². The maximum absolute atomic E-state index is 13.0. The first-order valence-electron chi connectivity index (χ1n) is 10.1. The van der Waals surface area contributed by atoms with Crippen molar-refractivity contribution >= 4 is 28.9 Å². The molecule has 1 aliphatic carbocycles. The van der Waals surface area contributed by atoms with Crippen LogP contribution < -0.4 is 21.3 Å². The van der Waals surface area contributed by atoms with Crippen molar-refractivity contribution in [2.45, 2.75) is 37.9 Å². The molecule has 166 valence electrons. The molecule has 0 spiro atoms. The lowest BCUT2D eigenvalue weighted by Crippen LogP contribution is -2.49. The van der Waals surface area contributed by atoms with Crippen molar-refractivity contribution in [3.63, 3.8) is 0 Å². The number of hydrogen-bond acceptors (Lipinski definition) is 5. The molecule has 2 amide bonds. The number of anilines is 3. The number of nitrogens with zero attached hydrogens (tertiary/aromatic N) is 2. The number of benzene rings is 1. The van der Waals surface area contributed by atoms with Gasteiger partial charge in [0.25, 0.3) is 5.91 Å². The van der Waals surface area contributed by atoms with Gasteiger partial charge in [0.05, 0.1) is 35.1 Å². The zero-order chi connectivity index (χ0) is 22.1. The highest BCUT2D eigenvalue weighted by atomic mass is 19.4. The second kappa shape index (κ2) is 8.61. The molecule has 7 nitrogen and oxygen atoms in total. The number of piperazine rings is 1. The molecule has 0 atom stereocenters. The zero-order valence-electron chi connectivity index (χ0n) is 17.2. The van der Waals surface area contributed by atoms with Gasteiger partial charge in [-0.1, -0.05) is 0 Å². The van der Waals surface area contributed by atoms with Gasteiger partial charge >= 0.3 is 6.18 Å². The van der Waals surface area contributed by atoms with E-state index < -0.39 is 12.1 Å². The van der Waals surface area contributed by atoms with Gasteiger partial charge < -0.3 is 26.2 Å². The summed E-state index contributed by atoms with van der Waals surface area (Å²) in [5, 5.41) is 5.84. The van der Waals surface area contributed by atoms with E-state index in [9.17, 15) is 22.8 Å². The molecule has 10 heteroatoms. The molecular formula is C20H28F3N5O2. The molecule has 30 heavy (non-hydrogen) atoms. The second-order valence-corrected chi connectivity index (χ2v) is 8.01. The monoisotopic (exact) mass is 427 g/mol. The van der Waals surface area contributed by atoms with E-state index in [1.807, 2.05) is 4.90 Å². The highest BCUT2D eigenvalue weighted by Crippen LogP contribution is 2.38. The Hall–Kier alpha value is -2.65. The SMILES string of the molecule is CNc1cc(N2CCN(C)C(=O)C2)c(C(=O)N[C@H]2CC[C@H](C(F)(F)F)CC2)cc1N. The van der Waals surface area contributed by atoms with Gasteiger partial charge in [-0.2, -0.15) is 13.2 Å². The minimum absolute atomic E-state index is 0.00902. The van der Waals surface area contributed by atoms with Crippen molar-refractivity contribution in [2.24, 2.45) is 5.92 Å². The fourth-order valence-corrected chi connectivity index (χ4v) is 4.06. The van der Waals surface area contributed by atoms with Gasteiger partial charge in [0.15, 0.2) is 0 Å². The molecule has 1 saturated heterocycles. The fourth-order valence-electron chi connectivity index (χ4n) is 4.06. The van der Waals surface area contributed by atoms with Crippen LogP contribution in [0, 0.1) is 5.92 Å². The molecule has 0 radical (unpaired) electrons. The van der Waals surface area contributed by atoms with Gasteiger partial charge in [-0.3, -0.25) is 9.59 Å². The van der Waals surface area contributed by atoms with Gasteiger partial charge in [-0.05, 0) is 37.8 Å². The summed E-state index contributed by atoms with van der Waals surface area (Å²) in [4.78, 5) is 28.6. The van der Waals surface area contributed by atoms with Gasteiger partial charge in [-0.15, -0.1) is 0 Å². The summed E-state index contributed by atoms with van der Waals surface area (Å²) in [6, 6.07) is 2.98. The number of nitrogens with one attached hydrogen (secondary N) is 2. The van der Waals surface area contributed by atoms with E-state index in [1.165, 1.54) is 0 Å². The number of halogens is 3. The third-order valence-electron chi connectivity index (χ3n) is 6.01. The van der Waals surface area contributed by atoms with Crippen LogP contribution in [0.2, 0.25) is 0 Å². The Kier molecular flexibility index (Phi) is 6.33. The number of rotatable bonds is 4. The van der Waals surface area contributed by atoms with Crippen molar-refractivity contribution in [2.75, 3.05) is 49.7 Å². The van der Waals surface area contributed by atoms with Crippen molar-refractivity contribution in [1.29, 1.82) is 0 Å². The van der Waals surface area contributed by atoms with Crippen LogP contribution in [0.15, 0.2) is 12.1 Å². The fraction of sp³-hybridized carbons (Fsp3) is 0.600. The van der Waals surface area contributed by atoms with Crippen LogP contribution in [0.5, 0.6) is 0 Å². The Morgan fingerprint density at radius 2 is 1.83 bits per heavy atom. The minimum Gasteiger partial charge on any atom is -0.397 e. The van der Waals surface area contributed by atoms with E-state index in [4.69, 9.17) is 5.73 Å². The van der Waals surface area contributed by atoms with Crippen LogP contribution in [0.25, 0.3) is 0 Å². The molecule has 1 aromatic rings. The molecule has 1 aliphatic heterocycles. The van der Waals surface area contributed by atoms with E-state index in [2.05, 4.69) is 10.6 Å². The first-order chi connectivity index (χ1) is 14.1. The maximum Gasteiger partial charge on any atom is 0.391 e. The summed E-state index contributed by atoms with van der Waals surface area (Å²) < 4.78 is 38.7. The first kappa shape index (κ1) is 22.0. The summed E-state index contributed by atoms with van der Waals surface area (Å²) in [7, 11) is 3.44. The Balaban J connectivity index is 1.78. The number of alkyl halides is 3. The number of hydrogen-bond donors (Lipinski definition) is 3. The van der Waals surface area contributed by atoms with E-state index in [0.717, 1.165) is 0 Å². The van der Waals surface area contributed by atoms with E-state index in [-0.39, 0.29) is 50.1 Å². The average Bonchev–Trinajstić information content (AvgIpc) is 2.69. The smallest absolute Gasteiger partial charge is 0.391 e. The number of likely N-dealkylation sites (N-methyl/N-ethyl adjacent to an activating group) is 1. The maximum atomic E-state index is 13.0. The van der Waals surface area contributed by atoms with Crippen LogP contribution in [0.3, 0.4) is 0 Å². The Morgan fingerprint density at radius 3 is 2.40 bits per heavy atom. The molecular weight excluding hydrogens is 399 g/mol. The van der Waals surface area contributed by atoms with E-state index in [1.54, 1.807) is 31.1 Å². The normalized spacial score (nSPS) is 22.8. The van der Waals surface area contributed by atoms with Crippen LogP contribution in [0.4, 0.5) is 30.2 Å². The summed E-state index contributed by atoms with van der Waals surface area (Å²) in [6.45, 7) is 1.23. The molecule has 0 aromatic heterocycles. The zero-order valence-corrected chi connectivity index (χ0v) is 17.2. The van der Waals surface area contributed by atoms with Crippen molar-refractivity contribution in [3.05, 3.63) is 17.7 Å². The quantitative estimate of drug-likeness (QED) is 0.642. The summed E-state index contributed by atoms with van der Waals surface area (Å²) in [5.41, 5.74) is 7.98. The number of carbonyl (C=O) groups is 2. The topological polar surface area (TPSA) is 90.7 Å². The predicted octanol–water partition coefficient (Wildman–Crippen LogP) is 2.44. The first-order valence-corrected chi connectivity index (χ1v) is 10.1. The van der Waals surface area contributed by atoms with Crippen LogP contribution in [-0.2, 0) is 4.79 Å². The van der Waals surface area contributed by atoms with Gasteiger partial charge in [0, 0.05) is 33.2 Å². The highest BCUT2D eigenvalue weighted by molar-refractivity contribution is 6.03. The van der Waals surface area contributed by atoms with E-state index in [0.29, 0.717) is 35.7 Å². The molecule has 1 heterocycles. The minimum atomic E-state index is -4.19. The Labute approximate surface area is 173 Å².